The third-order valence-corrected chi connectivity index (χ3v) is 2.74. The quantitative estimate of drug-likeness (QED) is 0.596. The van der Waals surface area contributed by atoms with Gasteiger partial charge < -0.3 is 4.90 Å². The van der Waals surface area contributed by atoms with Crippen molar-refractivity contribution in [1.29, 1.82) is 5.26 Å². The first-order chi connectivity index (χ1) is 5.70. The van der Waals surface area contributed by atoms with Crippen molar-refractivity contribution in [3.8, 4) is 6.07 Å². The van der Waals surface area contributed by atoms with Gasteiger partial charge in [-0.1, -0.05) is 13.3 Å². The lowest BCUT2D eigenvalue weighted by Gasteiger charge is -2.25. The Bertz CT molecular complexity index is 183. The maximum absolute atomic E-state index is 9.01. The molecule has 1 rings (SSSR count). The zero-order valence-corrected chi connectivity index (χ0v) is 8.14. The summed E-state index contributed by atoms with van der Waals surface area (Å²) in [7, 11) is 0. The Morgan fingerprint density at radius 2 is 2.25 bits per heavy atom. The van der Waals surface area contributed by atoms with E-state index < -0.39 is 0 Å². The number of likely N-dealkylation sites (tertiary alicyclic amines) is 1. The van der Waals surface area contributed by atoms with Gasteiger partial charge in [0.05, 0.1) is 11.5 Å². The van der Waals surface area contributed by atoms with Crippen molar-refractivity contribution < 1.29 is 0 Å². The van der Waals surface area contributed by atoms with Gasteiger partial charge in [0.15, 0.2) is 0 Å². The molecular weight excluding hydrogens is 148 g/mol. The number of rotatable bonds is 1. The minimum atomic E-state index is -0.0908. The molecule has 1 unspecified atom stereocenters. The Morgan fingerprint density at radius 1 is 1.50 bits per heavy atom. The molecule has 0 bridgehead atoms. The summed E-state index contributed by atoms with van der Waals surface area (Å²) in [6.07, 6.45) is 3.53. The van der Waals surface area contributed by atoms with E-state index in [1.807, 2.05) is 0 Å². The van der Waals surface area contributed by atoms with Crippen LogP contribution >= 0.6 is 0 Å². The van der Waals surface area contributed by atoms with E-state index in [1.54, 1.807) is 0 Å². The molecule has 1 heterocycles. The third-order valence-electron chi connectivity index (χ3n) is 2.74. The predicted molar refractivity (Wildman–Crippen MR) is 49.7 cm³/mol. The molecule has 0 spiro atoms. The average molecular weight is 166 g/mol. The summed E-state index contributed by atoms with van der Waals surface area (Å²) in [4.78, 5) is 2.39. The minimum Gasteiger partial charge on any atom is -0.302 e. The van der Waals surface area contributed by atoms with Crippen molar-refractivity contribution in [3.05, 3.63) is 0 Å². The lowest BCUT2D eigenvalue weighted by molar-refractivity contribution is 0.232. The molecule has 0 saturated carbocycles. The SMILES string of the molecule is CCN1CCCCC(C)(C#N)C1. The van der Waals surface area contributed by atoms with Crippen molar-refractivity contribution >= 4 is 0 Å². The molecule has 0 amide bonds. The Balaban J connectivity index is 2.60. The first-order valence-electron chi connectivity index (χ1n) is 4.84. The third kappa shape index (κ3) is 2.22. The van der Waals surface area contributed by atoms with Gasteiger partial charge >= 0.3 is 0 Å². The molecule has 0 aliphatic carbocycles. The van der Waals surface area contributed by atoms with Crippen molar-refractivity contribution in [2.45, 2.75) is 33.1 Å². The van der Waals surface area contributed by atoms with Crippen molar-refractivity contribution in [1.82, 2.24) is 4.90 Å². The number of hydrogen-bond donors (Lipinski definition) is 0. The molecule has 1 saturated heterocycles. The highest BCUT2D eigenvalue weighted by Crippen LogP contribution is 2.27. The van der Waals surface area contributed by atoms with E-state index in [4.69, 9.17) is 5.26 Å². The van der Waals surface area contributed by atoms with Gasteiger partial charge in [-0.3, -0.25) is 0 Å². The van der Waals surface area contributed by atoms with Gasteiger partial charge in [0.2, 0.25) is 0 Å². The minimum absolute atomic E-state index is 0.0908. The summed E-state index contributed by atoms with van der Waals surface area (Å²) in [5.41, 5.74) is -0.0908. The van der Waals surface area contributed by atoms with Crippen LogP contribution in [-0.2, 0) is 0 Å². The van der Waals surface area contributed by atoms with Crippen molar-refractivity contribution in [2.24, 2.45) is 5.41 Å². The topological polar surface area (TPSA) is 27.0 Å². The number of nitriles is 1. The lowest BCUT2D eigenvalue weighted by atomic mass is 9.87. The summed E-state index contributed by atoms with van der Waals surface area (Å²) >= 11 is 0. The fourth-order valence-corrected chi connectivity index (χ4v) is 1.86. The van der Waals surface area contributed by atoms with E-state index in [1.165, 1.54) is 19.4 Å². The molecule has 0 aromatic carbocycles. The van der Waals surface area contributed by atoms with Crippen LogP contribution in [0.15, 0.2) is 0 Å². The molecule has 1 fully saturated rings. The van der Waals surface area contributed by atoms with Crippen molar-refractivity contribution in [3.63, 3.8) is 0 Å². The van der Waals surface area contributed by atoms with E-state index in [9.17, 15) is 0 Å². The molecule has 0 aromatic rings. The van der Waals surface area contributed by atoms with E-state index in [0.717, 1.165) is 19.5 Å². The van der Waals surface area contributed by atoms with Crippen LogP contribution in [0.2, 0.25) is 0 Å². The summed E-state index contributed by atoms with van der Waals surface area (Å²) in [6.45, 7) is 7.47. The number of nitrogens with zero attached hydrogens (tertiary/aromatic N) is 2. The monoisotopic (exact) mass is 166 g/mol. The predicted octanol–water partition coefficient (Wildman–Crippen LogP) is 2.02. The van der Waals surface area contributed by atoms with Gasteiger partial charge in [-0.15, -0.1) is 0 Å². The normalized spacial score (nSPS) is 32.4. The highest BCUT2D eigenvalue weighted by molar-refractivity contribution is 4.98. The van der Waals surface area contributed by atoms with Gasteiger partial charge in [-0.05, 0) is 32.9 Å². The fraction of sp³-hybridized carbons (Fsp3) is 0.900. The molecule has 12 heavy (non-hydrogen) atoms. The first-order valence-corrected chi connectivity index (χ1v) is 4.84. The standard InChI is InChI=1S/C10H18N2/c1-3-12-7-5-4-6-10(2,8-11)9-12/h3-7,9H2,1-2H3. The second kappa shape index (κ2) is 3.91. The second-order valence-electron chi connectivity index (χ2n) is 4.00. The maximum atomic E-state index is 9.01. The van der Waals surface area contributed by atoms with Crippen LogP contribution < -0.4 is 0 Å². The van der Waals surface area contributed by atoms with E-state index in [-0.39, 0.29) is 5.41 Å². The molecule has 0 N–H and O–H groups in total. The van der Waals surface area contributed by atoms with Gasteiger partial charge in [0.25, 0.3) is 0 Å². The van der Waals surface area contributed by atoms with Crippen LogP contribution in [0.1, 0.15) is 33.1 Å². The van der Waals surface area contributed by atoms with Crippen LogP contribution in [0.3, 0.4) is 0 Å². The Hall–Kier alpha value is -0.550. The first kappa shape index (κ1) is 9.54. The molecule has 1 atom stereocenters. The maximum Gasteiger partial charge on any atom is 0.0700 e. The Morgan fingerprint density at radius 3 is 2.83 bits per heavy atom. The van der Waals surface area contributed by atoms with Crippen LogP contribution in [0, 0.1) is 16.7 Å². The Labute approximate surface area is 75.2 Å². The van der Waals surface area contributed by atoms with E-state index >= 15 is 0 Å². The molecule has 68 valence electrons. The van der Waals surface area contributed by atoms with E-state index in [0.29, 0.717) is 0 Å². The highest BCUT2D eigenvalue weighted by Gasteiger charge is 2.28. The summed E-state index contributed by atoms with van der Waals surface area (Å²) < 4.78 is 0. The van der Waals surface area contributed by atoms with Crippen LogP contribution in [-0.4, -0.2) is 24.5 Å². The summed E-state index contributed by atoms with van der Waals surface area (Å²) in [5, 5.41) is 9.01. The van der Waals surface area contributed by atoms with Crippen LogP contribution in [0.4, 0.5) is 0 Å². The average Bonchev–Trinajstić information content (AvgIpc) is 2.28. The van der Waals surface area contributed by atoms with Gasteiger partial charge in [-0.2, -0.15) is 5.26 Å². The summed E-state index contributed by atoms with van der Waals surface area (Å²) in [5.74, 6) is 0. The molecule has 2 nitrogen and oxygen atoms in total. The largest absolute Gasteiger partial charge is 0.302 e. The molecule has 2 heteroatoms. The molecule has 1 aliphatic heterocycles. The second-order valence-corrected chi connectivity index (χ2v) is 4.00. The van der Waals surface area contributed by atoms with E-state index in [2.05, 4.69) is 24.8 Å². The smallest absolute Gasteiger partial charge is 0.0700 e. The van der Waals surface area contributed by atoms with Crippen LogP contribution in [0.25, 0.3) is 0 Å². The molecule has 1 aliphatic rings. The van der Waals surface area contributed by atoms with Gasteiger partial charge in [0.1, 0.15) is 0 Å². The molecule has 0 aromatic heterocycles. The van der Waals surface area contributed by atoms with Crippen molar-refractivity contribution in [2.75, 3.05) is 19.6 Å². The molecule has 0 radical (unpaired) electrons. The lowest BCUT2D eigenvalue weighted by Crippen LogP contribution is -2.33. The zero-order valence-electron chi connectivity index (χ0n) is 8.14. The fourth-order valence-electron chi connectivity index (χ4n) is 1.86. The van der Waals surface area contributed by atoms with Gasteiger partial charge in [0, 0.05) is 6.54 Å². The summed E-state index contributed by atoms with van der Waals surface area (Å²) in [6, 6.07) is 2.44. The zero-order chi connectivity index (χ0) is 9.03. The Kier molecular flexibility index (Phi) is 3.11. The molecular formula is C10H18N2. The highest BCUT2D eigenvalue weighted by atomic mass is 15.1. The number of hydrogen-bond acceptors (Lipinski definition) is 2. The van der Waals surface area contributed by atoms with Crippen LogP contribution in [0.5, 0.6) is 0 Å². The van der Waals surface area contributed by atoms with Gasteiger partial charge in [-0.25, -0.2) is 0 Å².